The molecule has 0 aromatic rings. The Morgan fingerprint density at radius 3 is 2.76 bits per heavy atom. The second-order valence-electron chi connectivity index (χ2n) is 4.90. The summed E-state index contributed by atoms with van der Waals surface area (Å²) in [5, 5.41) is 3.31. The lowest BCUT2D eigenvalue weighted by molar-refractivity contribution is -0.0232. The molecule has 1 rings (SSSR count). The highest BCUT2D eigenvalue weighted by Crippen LogP contribution is 2.25. The Hall–Kier alpha value is -0.380. The number of rotatable bonds is 8. The van der Waals surface area contributed by atoms with E-state index in [9.17, 15) is 0 Å². The third-order valence-electron chi connectivity index (χ3n) is 3.44. The molecule has 0 saturated carbocycles. The summed E-state index contributed by atoms with van der Waals surface area (Å²) >= 11 is 0. The molecule has 0 radical (unpaired) electrons. The third-order valence-corrected chi connectivity index (χ3v) is 3.44. The summed E-state index contributed by atoms with van der Waals surface area (Å²) < 4.78 is 11.2. The summed E-state index contributed by atoms with van der Waals surface area (Å²) in [5.74, 6) is 1.41. The minimum Gasteiger partial charge on any atom is -0.382 e. The maximum Gasteiger partial charge on any atom is 0.0932 e. The molecule has 0 bridgehead atoms. The van der Waals surface area contributed by atoms with Crippen LogP contribution in [-0.4, -0.2) is 39.5 Å². The molecule has 0 saturated heterocycles. The van der Waals surface area contributed by atoms with E-state index < -0.39 is 0 Å². The van der Waals surface area contributed by atoms with Crippen LogP contribution in [0.2, 0.25) is 0 Å². The Kier molecular flexibility index (Phi) is 7.49. The van der Waals surface area contributed by atoms with Crippen LogP contribution in [0.4, 0.5) is 0 Å². The highest BCUT2D eigenvalue weighted by Gasteiger charge is 2.20. The van der Waals surface area contributed by atoms with Gasteiger partial charge >= 0.3 is 0 Å². The lowest BCUT2D eigenvalue weighted by Crippen LogP contribution is -2.34. The first-order chi connectivity index (χ1) is 8.27. The lowest BCUT2D eigenvalue weighted by atomic mass is 9.85. The van der Waals surface area contributed by atoms with Crippen LogP contribution in [0.1, 0.15) is 26.7 Å². The van der Waals surface area contributed by atoms with E-state index in [0.717, 1.165) is 32.0 Å². The number of methoxy groups -OCH3 is 1. The Balaban J connectivity index is 2.26. The minimum atomic E-state index is 0.179. The predicted molar refractivity (Wildman–Crippen MR) is 71.2 cm³/mol. The average molecular weight is 241 g/mol. The van der Waals surface area contributed by atoms with Crippen molar-refractivity contribution in [3.8, 4) is 0 Å². The van der Waals surface area contributed by atoms with Crippen molar-refractivity contribution in [2.75, 3.05) is 33.4 Å². The SMILES string of the molecule is CCNCC(COC)OCC1CC=CCC1C. The van der Waals surface area contributed by atoms with E-state index in [-0.39, 0.29) is 6.10 Å². The van der Waals surface area contributed by atoms with Crippen LogP contribution in [0.3, 0.4) is 0 Å². The van der Waals surface area contributed by atoms with Crippen molar-refractivity contribution in [3.63, 3.8) is 0 Å². The zero-order valence-electron chi connectivity index (χ0n) is 11.4. The smallest absolute Gasteiger partial charge is 0.0932 e. The molecule has 0 spiro atoms. The van der Waals surface area contributed by atoms with E-state index in [1.807, 2.05) is 0 Å². The molecule has 0 heterocycles. The topological polar surface area (TPSA) is 30.5 Å². The summed E-state index contributed by atoms with van der Waals surface area (Å²) in [6.45, 7) is 7.80. The summed E-state index contributed by atoms with van der Waals surface area (Å²) in [7, 11) is 1.73. The zero-order valence-corrected chi connectivity index (χ0v) is 11.4. The maximum atomic E-state index is 5.97. The fraction of sp³-hybridized carbons (Fsp3) is 0.857. The van der Waals surface area contributed by atoms with Gasteiger partial charge in [0.2, 0.25) is 0 Å². The van der Waals surface area contributed by atoms with E-state index in [1.54, 1.807) is 7.11 Å². The Labute approximate surface area is 106 Å². The molecule has 3 heteroatoms. The number of hydrogen-bond donors (Lipinski definition) is 1. The van der Waals surface area contributed by atoms with E-state index >= 15 is 0 Å². The molecular weight excluding hydrogens is 214 g/mol. The van der Waals surface area contributed by atoms with Gasteiger partial charge in [0, 0.05) is 13.7 Å². The number of nitrogens with one attached hydrogen (secondary N) is 1. The van der Waals surface area contributed by atoms with E-state index in [1.165, 1.54) is 6.42 Å². The van der Waals surface area contributed by atoms with Crippen molar-refractivity contribution in [1.29, 1.82) is 0 Å². The molecule has 0 aromatic carbocycles. The molecule has 0 amide bonds. The third kappa shape index (κ3) is 5.66. The molecule has 100 valence electrons. The average Bonchev–Trinajstić information content (AvgIpc) is 2.34. The Morgan fingerprint density at radius 1 is 1.35 bits per heavy atom. The van der Waals surface area contributed by atoms with Crippen molar-refractivity contribution in [2.24, 2.45) is 11.8 Å². The molecule has 1 N–H and O–H groups in total. The Morgan fingerprint density at radius 2 is 2.12 bits per heavy atom. The second kappa shape index (κ2) is 8.67. The van der Waals surface area contributed by atoms with Crippen molar-refractivity contribution in [2.45, 2.75) is 32.8 Å². The minimum absolute atomic E-state index is 0.179. The van der Waals surface area contributed by atoms with Gasteiger partial charge in [0.15, 0.2) is 0 Å². The van der Waals surface area contributed by atoms with Gasteiger partial charge in [0.05, 0.1) is 19.3 Å². The van der Waals surface area contributed by atoms with Crippen molar-refractivity contribution in [1.82, 2.24) is 5.32 Å². The highest BCUT2D eigenvalue weighted by molar-refractivity contribution is 4.93. The zero-order chi connectivity index (χ0) is 12.5. The summed E-state index contributed by atoms with van der Waals surface area (Å²) in [6, 6.07) is 0. The van der Waals surface area contributed by atoms with E-state index in [0.29, 0.717) is 12.5 Å². The van der Waals surface area contributed by atoms with Gasteiger partial charge in [-0.3, -0.25) is 0 Å². The van der Waals surface area contributed by atoms with Crippen LogP contribution in [-0.2, 0) is 9.47 Å². The normalized spacial score (nSPS) is 26.1. The molecule has 0 fully saturated rings. The van der Waals surface area contributed by atoms with Gasteiger partial charge in [-0.2, -0.15) is 0 Å². The van der Waals surface area contributed by atoms with Crippen molar-refractivity contribution >= 4 is 0 Å². The fourth-order valence-electron chi connectivity index (χ4n) is 2.16. The standard InChI is InChI=1S/C14H27NO2/c1-4-15-9-14(11-16-3)17-10-13-8-6-5-7-12(13)2/h5-6,12-15H,4,7-11H2,1-3H3. The quantitative estimate of drug-likeness (QED) is 0.661. The van der Waals surface area contributed by atoms with Crippen LogP contribution in [0.25, 0.3) is 0 Å². The maximum absolute atomic E-state index is 5.97. The molecular formula is C14H27NO2. The summed E-state index contributed by atoms with van der Waals surface area (Å²) in [5.41, 5.74) is 0. The number of hydrogen-bond acceptors (Lipinski definition) is 3. The van der Waals surface area contributed by atoms with Gasteiger partial charge in [-0.1, -0.05) is 26.0 Å². The van der Waals surface area contributed by atoms with E-state index in [2.05, 4.69) is 31.3 Å². The molecule has 3 unspecified atom stereocenters. The predicted octanol–water partition coefficient (Wildman–Crippen LogP) is 2.23. The fourth-order valence-corrected chi connectivity index (χ4v) is 2.16. The first kappa shape index (κ1) is 14.7. The largest absolute Gasteiger partial charge is 0.382 e. The molecule has 1 aliphatic carbocycles. The highest BCUT2D eigenvalue weighted by atomic mass is 16.5. The van der Waals surface area contributed by atoms with Gasteiger partial charge in [0.1, 0.15) is 0 Å². The van der Waals surface area contributed by atoms with Crippen LogP contribution >= 0.6 is 0 Å². The summed E-state index contributed by atoms with van der Waals surface area (Å²) in [4.78, 5) is 0. The first-order valence-corrected chi connectivity index (χ1v) is 6.74. The number of likely N-dealkylation sites (N-methyl/N-ethyl adjacent to an activating group) is 1. The van der Waals surface area contributed by atoms with Crippen LogP contribution < -0.4 is 5.32 Å². The van der Waals surface area contributed by atoms with Gasteiger partial charge in [-0.25, -0.2) is 0 Å². The molecule has 0 aromatic heterocycles. The summed E-state index contributed by atoms with van der Waals surface area (Å²) in [6.07, 6.45) is 7.09. The first-order valence-electron chi connectivity index (χ1n) is 6.74. The molecule has 1 aliphatic rings. The molecule has 3 atom stereocenters. The van der Waals surface area contributed by atoms with Gasteiger partial charge in [-0.05, 0) is 31.2 Å². The van der Waals surface area contributed by atoms with Crippen molar-refractivity contribution < 1.29 is 9.47 Å². The molecule has 3 nitrogen and oxygen atoms in total. The monoisotopic (exact) mass is 241 g/mol. The van der Waals surface area contributed by atoms with Gasteiger partial charge in [0.25, 0.3) is 0 Å². The van der Waals surface area contributed by atoms with Crippen LogP contribution in [0.15, 0.2) is 12.2 Å². The number of ether oxygens (including phenoxy) is 2. The van der Waals surface area contributed by atoms with Gasteiger partial charge < -0.3 is 14.8 Å². The second-order valence-corrected chi connectivity index (χ2v) is 4.90. The lowest BCUT2D eigenvalue weighted by Gasteiger charge is -2.27. The number of allylic oxidation sites excluding steroid dienone is 2. The molecule has 17 heavy (non-hydrogen) atoms. The molecule has 0 aliphatic heterocycles. The van der Waals surface area contributed by atoms with Gasteiger partial charge in [-0.15, -0.1) is 0 Å². The van der Waals surface area contributed by atoms with Crippen LogP contribution in [0, 0.1) is 11.8 Å². The van der Waals surface area contributed by atoms with Crippen LogP contribution in [0.5, 0.6) is 0 Å². The Bertz CT molecular complexity index is 218. The van der Waals surface area contributed by atoms with E-state index in [4.69, 9.17) is 9.47 Å². The van der Waals surface area contributed by atoms with Crippen molar-refractivity contribution in [3.05, 3.63) is 12.2 Å².